The quantitative estimate of drug-likeness (QED) is 0.853. The summed E-state index contributed by atoms with van der Waals surface area (Å²) in [6, 6.07) is 8.63. The van der Waals surface area contributed by atoms with Gasteiger partial charge in [0.1, 0.15) is 0 Å². The van der Waals surface area contributed by atoms with E-state index in [0.717, 1.165) is 6.54 Å². The van der Waals surface area contributed by atoms with Gasteiger partial charge in [0.05, 0.1) is 6.61 Å². The lowest BCUT2D eigenvalue weighted by molar-refractivity contribution is 0.210. The number of benzene rings is 1. The summed E-state index contributed by atoms with van der Waals surface area (Å²) < 4.78 is 1.33. The van der Waals surface area contributed by atoms with Crippen LogP contribution < -0.4 is 5.32 Å². The van der Waals surface area contributed by atoms with Gasteiger partial charge >= 0.3 is 0 Å². The van der Waals surface area contributed by atoms with Crippen LogP contribution in [0, 0.1) is 5.92 Å². The van der Waals surface area contributed by atoms with Crippen LogP contribution in [0.15, 0.2) is 29.6 Å². The molecule has 0 bridgehead atoms. The minimum absolute atomic E-state index is 0.175. The summed E-state index contributed by atoms with van der Waals surface area (Å²) in [6.45, 7) is 5.27. The zero-order chi connectivity index (χ0) is 12.3. The van der Waals surface area contributed by atoms with Crippen molar-refractivity contribution in [3.05, 3.63) is 35.2 Å². The molecule has 92 valence electrons. The van der Waals surface area contributed by atoms with E-state index in [2.05, 4.69) is 48.8 Å². The van der Waals surface area contributed by atoms with E-state index in [4.69, 9.17) is 0 Å². The molecule has 2 nitrogen and oxygen atoms in total. The van der Waals surface area contributed by atoms with Crippen molar-refractivity contribution in [3.63, 3.8) is 0 Å². The number of rotatable bonds is 5. The van der Waals surface area contributed by atoms with Crippen LogP contribution in [0.4, 0.5) is 0 Å². The number of nitrogens with one attached hydrogen (secondary N) is 1. The van der Waals surface area contributed by atoms with Crippen LogP contribution in [0.3, 0.4) is 0 Å². The third-order valence-corrected chi connectivity index (χ3v) is 4.13. The first-order valence-corrected chi connectivity index (χ1v) is 6.89. The second kappa shape index (κ2) is 5.63. The monoisotopic (exact) mass is 249 g/mol. The Kier molecular flexibility index (Phi) is 4.15. The van der Waals surface area contributed by atoms with Gasteiger partial charge in [0.15, 0.2) is 0 Å². The Bertz CT molecular complexity index is 478. The predicted octanol–water partition coefficient (Wildman–Crippen LogP) is 3.01. The first-order valence-electron chi connectivity index (χ1n) is 6.01. The van der Waals surface area contributed by atoms with Crippen LogP contribution in [0.1, 0.15) is 19.4 Å². The third kappa shape index (κ3) is 2.86. The van der Waals surface area contributed by atoms with Gasteiger partial charge in [-0.25, -0.2) is 0 Å². The van der Waals surface area contributed by atoms with E-state index < -0.39 is 0 Å². The molecule has 1 unspecified atom stereocenters. The van der Waals surface area contributed by atoms with Crippen LogP contribution in [0.5, 0.6) is 0 Å². The molecule has 0 aliphatic rings. The number of aliphatic hydroxyl groups excluding tert-OH is 1. The highest BCUT2D eigenvalue weighted by atomic mass is 32.1. The van der Waals surface area contributed by atoms with Crippen molar-refractivity contribution >= 4 is 21.4 Å². The van der Waals surface area contributed by atoms with Gasteiger partial charge in [-0.3, -0.25) is 0 Å². The molecule has 2 aromatic rings. The lowest BCUT2D eigenvalue weighted by Gasteiger charge is -2.19. The lowest BCUT2D eigenvalue weighted by atomic mass is 10.0. The molecular formula is C14H19NOS. The molecule has 1 atom stereocenters. The van der Waals surface area contributed by atoms with E-state index in [-0.39, 0.29) is 12.6 Å². The van der Waals surface area contributed by atoms with Crippen molar-refractivity contribution in [3.8, 4) is 0 Å². The summed E-state index contributed by atoms with van der Waals surface area (Å²) >= 11 is 1.78. The van der Waals surface area contributed by atoms with E-state index in [1.54, 1.807) is 11.3 Å². The second-order valence-corrected chi connectivity index (χ2v) is 5.58. The minimum Gasteiger partial charge on any atom is -0.395 e. The van der Waals surface area contributed by atoms with Gasteiger partial charge in [0.25, 0.3) is 0 Å². The summed E-state index contributed by atoms with van der Waals surface area (Å²) in [7, 11) is 0. The van der Waals surface area contributed by atoms with Gasteiger partial charge in [-0.05, 0) is 28.3 Å². The molecule has 3 heteroatoms. The van der Waals surface area contributed by atoms with E-state index in [0.29, 0.717) is 5.92 Å². The maximum atomic E-state index is 9.28. The Balaban J connectivity index is 2.08. The molecule has 17 heavy (non-hydrogen) atoms. The highest BCUT2D eigenvalue weighted by Gasteiger charge is 2.12. The number of fused-ring (bicyclic) bond motifs is 1. The molecule has 2 N–H and O–H groups in total. The van der Waals surface area contributed by atoms with Gasteiger partial charge in [-0.15, -0.1) is 11.3 Å². The minimum atomic E-state index is 0.175. The molecule has 0 saturated heterocycles. The zero-order valence-corrected chi connectivity index (χ0v) is 11.1. The zero-order valence-electron chi connectivity index (χ0n) is 10.3. The third-order valence-electron chi connectivity index (χ3n) is 3.12. The topological polar surface area (TPSA) is 32.3 Å². The molecule has 2 rings (SSSR count). The summed E-state index contributed by atoms with van der Waals surface area (Å²) in [6.07, 6.45) is 0. The van der Waals surface area contributed by atoms with Crippen LogP contribution >= 0.6 is 11.3 Å². The average Bonchev–Trinajstić information content (AvgIpc) is 2.73. The molecule has 0 radical (unpaired) electrons. The van der Waals surface area contributed by atoms with Crippen LogP contribution in [0.2, 0.25) is 0 Å². The molecule has 1 aromatic carbocycles. The first kappa shape index (κ1) is 12.6. The van der Waals surface area contributed by atoms with Gasteiger partial charge < -0.3 is 10.4 Å². The smallest absolute Gasteiger partial charge is 0.0587 e. The Hall–Kier alpha value is -0.900. The van der Waals surface area contributed by atoms with Gasteiger partial charge in [-0.1, -0.05) is 32.0 Å². The van der Waals surface area contributed by atoms with Crippen LogP contribution in [-0.4, -0.2) is 17.8 Å². The van der Waals surface area contributed by atoms with Crippen molar-refractivity contribution in [2.24, 2.45) is 5.92 Å². The average molecular weight is 249 g/mol. The SMILES string of the molecule is CC(C)C(CO)NCc1csc2ccccc12. The summed E-state index contributed by atoms with van der Waals surface area (Å²) in [4.78, 5) is 0. The summed E-state index contributed by atoms with van der Waals surface area (Å²) in [5, 5.41) is 16.2. The number of thiophene rings is 1. The Morgan fingerprint density at radius 3 is 2.76 bits per heavy atom. The Labute approximate surface area is 106 Å². The highest BCUT2D eigenvalue weighted by molar-refractivity contribution is 7.17. The highest BCUT2D eigenvalue weighted by Crippen LogP contribution is 2.25. The van der Waals surface area contributed by atoms with Crippen molar-refractivity contribution in [2.75, 3.05) is 6.61 Å². The molecule has 0 fully saturated rings. The first-order chi connectivity index (χ1) is 8.22. The summed E-state index contributed by atoms with van der Waals surface area (Å²) in [5.74, 6) is 0.449. The maximum absolute atomic E-state index is 9.28. The number of hydrogen-bond donors (Lipinski definition) is 2. The Morgan fingerprint density at radius 2 is 2.06 bits per heavy atom. The summed E-state index contributed by atoms with van der Waals surface area (Å²) in [5.41, 5.74) is 1.32. The largest absolute Gasteiger partial charge is 0.395 e. The fourth-order valence-electron chi connectivity index (χ4n) is 1.92. The van der Waals surface area contributed by atoms with Gasteiger partial charge in [0.2, 0.25) is 0 Å². The van der Waals surface area contributed by atoms with E-state index >= 15 is 0 Å². The number of aliphatic hydroxyl groups is 1. The van der Waals surface area contributed by atoms with Crippen molar-refractivity contribution in [1.29, 1.82) is 0 Å². The second-order valence-electron chi connectivity index (χ2n) is 4.67. The molecule has 0 saturated carbocycles. The van der Waals surface area contributed by atoms with E-state index in [9.17, 15) is 5.11 Å². The van der Waals surface area contributed by atoms with Gasteiger partial charge in [0, 0.05) is 17.3 Å². The fraction of sp³-hybridized carbons (Fsp3) is 0.429. The van der Waals surface area contributed by atoms with Crippen LogP contribution in [0.25, 0.3) is 10.1 Å². The predicted molar refractivity (Wildman–Crippen MR) is 74.4 cm³/mol. The van der Waals surface area contributed by atoms with Crippen molar-refractivity contribution < 1.29 is 5.11 Å². The Morgan fingerprint density at radius 1 is 1.29 bits per heavy atom. The fourth-order valence-corrected chi connectivity index (χ4v) is 2.88. The van der Waals surface area contributed by atoms with E-state index in [1.165, 1.54) is 15.6 Å². The van der Waals surface area contributed by atoms with Crippen molar-refractivity contribution in [1.82, 2.24) is 5.32 Å². The molecule has 0 aliphatic heterocycles. The van der Waals surface area contributed by atoms with Gasteiger partial charge in [-0.2, -0.15) is 0 Å². The van der Waals surface area contributed by atoms with Crippen LogP contribution in [-0.2, 0) is 6.54 Å². The molecule has 1 aromatic heterocycles. The molecular weight excluding hydrogens is 230 g/mol. The lowest BCUT2D eigenvalue weighted by Crippen LogP contribution is -2.36. The maximum Gasteiger partial charge on any atom is 0.0587 e. The van der Waals surface area contributed by atoms with Crippen molar-refractivity contribution in [2.45, 2.75) is 26.4 Å². The molecule has 0 amide bonds. The molecule has 0 spiro atoms. The molecule has 1 heterocycles. The molecule has 0 aliphatic carbocycles. The normalized spacial score (nSPS) is 13.4. The van der Waals surface area contributed by atoms with E-state index in [1.807, 2.05) is 0 Å². The number of hydrogen-bond acceptors (Lipinski definition) is 3. The standard InChI is InChI=1S/C14H19NOS/c1-10(2)13(8-16)15-7-11-9-17-14-6-4-3-5-12(11)14/h3-6,9-10,13,15-16H,7-8H2,1-2H3.